The van der Waals surface area contributed by atoms with Gasteiger partial charge in [-0.1, -0.05) is 13.2 Å². The number of carbonyl (C=O) groups excluding carboxylic acids is 2. The highest BCUT2D eigenvalue weighted by molar-refractivity contribution is 5.93. The summed E-state index contributed by atoms with van der Waals surface area (Å²) in [5.41, 5.74) is 7.06. The zero-order valence-electron chi connectivity index (χ0n) is 44.0. The molecular weight excluding hydrogens is 999 g/mol. The van der Waals surface area contributed by atoms with Gasteiger partial charge >= 0.3 is 0 Å². The van der Waals surface area contributed by atoms with Crippen LogP contribution in [0.4, 0.5) is 34.6 Å². The minimum Gasteiger partial charge on any atom is -0.457 e. The number of imidazole rings is 1. The van der Waals surface area contributed by atoms with Crippen LogP contribution in [0.5, 0.6) is 23.0 Å². The van der Waals surface area contributed by atoms with Gasteiger partial charge in [0.1, 0.15) is 64.4 Å². The molecule has 21 nitrogen and oxygen atoms in total. The number of anilines is 6. The predicted molar refractivity (Wildman–Crippen MR) is 303 cm³/mol. The lowest BCUT2D eigenvalue weighted by Gasteiger charge is -2.47. The molecule has 0 spiro atoms. The molecule has 0 saturated carbocycles. The minimum absolute atomic E-state index is 0.0885. The topological polar surface area (TPSA) is 215 Å². The van der Waals surface area contributed by atoms with Gasteiger partial charge in [-0.3, -0.25) is 9.59 Å². The largest absolute Gasteiger partial charge is 0.457 e. The van der Waals surface area contributed by atoms with Gasteiger partial charge in [0, 0.05) is 99.9 Å². The second-order valence-corrected chi connectivity index (χ2v) is 20.1. The molecule has 10 aromatic rings. The number of amides is 2. The second-order valence-electron chi connectivity index (χ2n) is 20.1. The van der Waals surface area contributed by atoms with Crippen molar-refractivity contribution in [1.82, 2.24) is 63.9 Å². The minimum atomic E-state index is -0.455. The van der Waals surface area contributed by atoms with Crippen molar-refractivity contribution in [2.24, 2.45) is 7.05 Å². The van der Waals surface area contributed by atoms with Crippen molar-refractivity contribution < 1.29 is 19.1 Å². The van der Waals surface area contributed by atoms with E-state index in [4.69, 9.17) is 29.4 Å². The van der Waals surface area contributed by atoms with Crippen LogP contribution >= 0.6 is 0 Å². The van der Waals surface area contributed by atoms with E-state index in [0.717, 1.165) is 44.9 Å². The summed E-state index contributed by atoms with van der Waals surface area (Å²) in [6.07, 6.45) is 11.3. The number of aromatic nitrogens is 11. The number of nitrogens with one attached hydrogen (secondary N) is 2. The maximum atomic E-state index is 12.7. The standard InChI is InChI=1S/C58H55N17O4/c1-7-53(76)72-21-19-71(20-22-72)51-30-42-45(31-59-51)67-49(68-56(42)65-38-9-14-47(36(3)25-38)78-40-11-13-46-44(28-40)63-35-70(46)6)27-37-26-39(10-15-48(37)79-41-17-18-75-52(29-41)61-34-64-75)66-57-55-43(60-33-62-57)12-16-50(69-55)73-23-24-74(54(77)8-2)58(4,5)32-73/h7-18,25-26,28-31,33-35H,1-2,19-24,27,32H2,3-6H3,(H,60,62,66)(H,65,67,68). The van der Waals surface area contributed by atoms with Crippen LogP contribution in [-0.4, -0.2) is 127 Å². The third-order valence-electron chi connectivity index (χ3n) is 14.4. The van der Waals surface area contributed by atoms with Crippen molar-refractivity contribution in [3.63, 3.8) is 0 Å². The van der Waals surface area contributed by atoms with E-state index in [1.54, 1.807) is 28.1 Å². The summed E-state index contributed by atoms with van der Waals surface area (Å²) in [5, 5.41) is 12.2. The first-order valence-corrected chi connectivity index (χ1v) is 25.8. The summed E-state index contributed by atoms with van der Waals surface area (Å²) in [7, 11) is 1.96. The van der Waals surface area contributed by atoms with Crippen molar-refractivity contribution in [3.05, 3.63) is 159 Å². The number of benzene rings is 3. The molecule has 0 bridgehead atoms. The maximum absolute atomic E-state index is 12.7. The zero-order valence-corrected chi connectivity index (χ0v) is 44.0. The Kier molecular flexibility index (Phi) is 12.9. The van der Waals surface area contributed by atoms with Crippen LogP contribution < -0.4 is 29.9 Å². The van der Waals surface area contributed by atoms with Gasteiger partial charge in [0.05, 0.1) is 40.1 Å². The maximum Gasteiger partial charge on any atom is 0.246 e. The molecule has 79 heavy (non-hydrogen) atoms. The molecule has 7 aromatic heterocycles. The fourth-order valence-electron chi connectivity index (χ4n) is 10.2. The summed E-state index contributed by atoms with van der Waals surface area (Å²) in [4.78, 5) is 71.7. The molecule has 2 amide bonds. The molecule has 396 valence electrons. The van der Waals surface area contributed by atoms with Gasteiger partial charge in [0.15, 0.2) is 11.5 Å². The number of ether oxygens (including phenoxy) is 2. The molecule has 2 fully saturated rings. The fourth-order valence-corrected chi connectivity index (χ4v) is 10.2. The first-order valence-electron chi connectivity index (χ1n) is 25.8. The summed E-state index contributed by atoms with van der Waals surface area (Å²) in [6.45, 7) is 17.5. The highest BCUT2D eigenvalue weighted by atomic mass is 16.5. The lowest BCUT2D eigenvalue weighted by atomic mass is 9.98. The van der Waals surface area contributed by atoms with Crippen molar-refractivity contribution in [2.45, 2.75) is 32.7 Å². The van der Waals surface area contributed by atoms with Gasteiger partial charge < -0.3 is 44.3 Å². The van der Waals surface area contributed by atoms with Crippen molar-refractivity contribution >= 4 is 85.1 Å². The number of pyridine rings is 3. The van der Waals surface area contributed by atoms with Gasteiger partial charge in [0.2, 0.25) is 11.8 Å². The summed E-state index contributed by atoms with van der Waals surface area (Å²) >= 11 is 0. The highest BCUT2D eigenvalue weighted by Crippen LogP contribution is 2.36. The monoisotopic (exact) mass is 1050 g/mol. The molecule has 2 aliphatic rings. The van der Waals surface area contributed by atoms with E-state index in [1.807, 2.05) is 122 Å². The number of nitrogens with zero attached hydrogens (tertiary/aromatic N) is 15. The molecule has 0 unspecified atom stereocenters. The molecular formula is C58H55N17O4. The van der Waals surface area contributed by atoms with Gasteiger partial charge in [-0.25, -0.2) is 44.4 Å². The van der Waals surface area contributed by atoms with Gasteiger partial charge in [0.25, 0.3) is 0 Å². The quantitative estimate of drug-likeness (QED) is 0.0974. The Labute approximate surface area is 453 Å². The molecule has 0 radical (unpaired) electrons. The molecule has 12 rings (SSSR count). The normalized spacial score (nSPS) is 14.5. The third kappa shape index (κ3) is 10.1. The molecule has 3 aromatic carbocycles. The number of fused-ring (bicyclic) bond motifs is 4. The summed E-state index contributed by atoms with van der Waals surface area (Å²) < 4.78 is 16.7. The molecule has 0 aliphatic carbocycles. The molecule has 2 saturated heterocycles. The Hall–Kier alpha value is -10.1. The van der Waals surface area contributed by atoms with E-state index < -0.39 is 5.54 Å². The average Bonchev–Trinajstić information content (AvgIpc) is 4.20. The first-order chi connectivity index (χ1) is 38.3. The van der Waals surface area contributed by atoms with Crippen LogP contribution in [0.25, 0.3) is 38.6 Å². The van der Waals surface area contributed by atoms with Crippen LogP contribution in [0.1, 0.15) is 30.8 Å². The first kappa shape index (κ1) is 49.8. The zero-order chi connectivity index (χ0) is 54.4. The molecule has 21 heteroatoms. The van der Waals surface area contributed by atoms with Crippen molar-refractivity contribution in [3.8, 4) is 23.0 Å². The van der Waals surface area contributed by atoms with E-state index in [0.29, 0.717) is 114 Å². The lowest BCUT2D eigenvalue weighted by molar-refractivity contribution is -0.131. The van der Waals surface area contributed by atoms with Gasteiger partial charge in [-0.05, 0) is 111 Å². The molecule has 2 N–H and O–H groups in total. The highest BCUT2D eigenvalue weighted by Gasteiger charge is 2.36. The Morgan fingerprint density at radius 1 is 0.684 bits per heavy atom. The van der Waals surface area contributed by atoms with Crippen LogP contribution in [0.15, 0.2) is 142 Å². The summed E-state index contributed by atoms with van der Waals surface area (Å²) in [6, 6.07) is 27.2. The van der Waals surface area contributed by atoms with Crippen LogP contribution in [-0.2, 0) is 23.1 Å². The van der Waals surface area contributed by atoms with E-state index in [1.165, 1.54) is 24.8 Å². The summed E-state index contributed by atoms with van der Waals surface area (Å²) in [5.74, 6) is 5.39. The van der Waals surface area contributed by atoms with Crippen molar-refractivity contribution in [1.29, 1.82) is 0 Å². The number of carbonyl (C=O) groups is 2. The fraction of sp³-hybridized carbons (Fsp3) is 0.224. The Morgan fingerprint density at radius 2 is 1.46 bits per heavy atom. The number of hydrogen-bond donors (Lipinski definition) is 2. The van der Waals surface area contributed by atoms with Crippen LogP contribution in [0.2, 0.25) is 0 Å². The van der Waals surface area contributed by atoms with Crippen molar-refractivity contribution in [2.75, 3.05) is 66.2 Å². The number of aryl methyl sites for hydroxylation is 2. The Bertz CT molecular complexity index is 4040. The number of hydrogen-bond acceptors (Lipinski definition) is 17. The molecule has 2 aliphatic heterocycles. The van der Waals surface area contributed by atoms with Crippen LogP contribution in [0, 0.1) is 6.92 Å². The van der Waals surface area contributed by atoms with E-state index in [2.05, 4.69) is 58.6 Å². The smallest absolute Gasteiger partial charge is 0.246 e. The van der Waals surface area contributed by atoms with Crippen LogP contribution in [0.3, 0.4) is 0 Å². The van der Waals surface area contributed by atoms with E-state index >= 15 is 0 Å². The second kappa shape index (κ2) is 20.5. The Balaban J connectivity index is 0.889. The average molecular weight is 1050 g/mol. The molecule has 9 heterocycles. The predicted octanol–water partition coefficient (Wildman–Crippen LogP) is 8.71. The SMILES string of the molecule is C=CC(=O)N1CCN(c2cc3c(Nc4ccc(Oc5ccc6c(c5)ncn6C)c(C)c4)nc(Cc4cc(Nc5ncnc6ccc(N7CCN(C(=O)C=C)C(C)(C)C7)nc56)ccc4Oc4ccn5ncnc5c4)nc3cn2)CC1. The number of rotatable bonds is 14. The van der Waals surface area contributed by atoms with E-state index in [9.17, 15) is 9.59 Å². The third-order valence-corrected chi connectivity index (χ3v) is 14.4. The van der Waals surface area contributed by atoms with E-state index in [-0.39, 0.29) is 18.2 Å². The van der Waals surface area contributed by atoms with Gasteiger partial charge in [-0.15, -0.1) is 0 Å². The Morgan fingerprint density at radius 3 is 2.27 bits per heavy atom. The van der Waals surface area contributed by atoms with Gasteiger partial charge in [-0.2, -0.15) is 5.10 Å². The number of piperazine rings is 2. The lowest BCUT2D eigenvalue weighted by Crippen LogP contribution is -2.61. The molecule has 0 atom stereocenters.